The minimum atomic E-state index is -0.737. The molecule has 4 rings (SSSR count). The van der Waals surface area contributed by atoms with Crippen LogP contribution in [-0.2, 0) is 11.8 Å². The minimum Gasteiger partial charge on any atom is -0.391 e. The van der Waals surface area contributed by atoms with Crippen molar-refractivity contribution in [2.24, 2.45) is 7.05 Å². The molecular weight excluding hydrogens is 414 g/mol. The van der Waals surface area contributed by atoms with Gasteiger partial charge in [-0.3, -0.25) is 9.48 Å². The number of aliphatic hydroxyl groups is 1. The highest BCUT2D eigenvalue weighted by atomic mass is 32.1. The smallest absolute Gasteiger partial charge is 0.275 e. The van der Waals surface area contributed by atoms with E-state index < -0.39 is 23.6 Å². The Hall–Kier alpha value is -2.69. The van der Waals surface area contributed by atoms with E-state index in [1.165, 1.54) is 17.6 Å². The largest absolute Gasteiger partial charge is 0.391 e. The monoisotopic (exact) mass is 434 g/mol. The molecule has 0 aliphatic carbocycles. The minimum absolute atomic E-state index is 0.0460. The Morgan fingerprint density at radius 2 is 2.10 bits per heavy atom. The maximum absolute atomic E-state index is 14.0. The van der Waals surface area contributed by atoms with Gasteiger partial charge in [0.05, 0.1) is 35.9 Å². The number of nitrogens with zero attached hydrogens (tertiary/aromatic N) is 3. The molecule has 0 radical (unpaired) electrons. The molecule has 7 nitrogen and oxygen atoms in total. The van der Waals surface area contributed by atoms with Gasteiger partial charge in [-0.15, -0.1) is 11.3 Å². The van der Waals surface area contributed by atoms with E-state index >= 15 is 0 Å². The number of benzene rings is 1. The predicted octanol–water partition coefficient (Wildman–Crippen LogP) is 3.68. The number of rotatable bonds is 4. The van der Waals surface area contributed by atoms with Crippen LogP contribution in [-0.4, -0.2) is 38.5 Å². The van der Waals surface area contributed by atoms with Gasteiger partial charge in [0.2, 0.25) is 0 Å². The van der Waals surface area contributed by atoms with Crippen molar-refractivity contribution in [3.63, 3.8) is 0 Å². The molecule has 2 aromatic heterocycles. The summed E-state index contributed by atoms with van der Waals surface area (Å²) < 4.78 is 35.4. The van der Waals surface area contributed by atoms with Crippen molar-refractivity contribution in [3.05, 3.63) is 52.8 Å². The van der Waals surface area contributed by atoms with Crippen LogP contribution in [0.4, 0.5) is 14.5 Å². The first-order valence-corrected chi connectivity index (χ1v) is 10.3. The molecule has 1 amide bonds. The van der Waals surface area contributed by atoms with E-state index in [2.05, 4.69) is 15.4 Å². The van der Waals surface area contributed by atoms with Gasteiger partial charge in [0.15, 0.2) is 0 Å². The summed E-state index contributed by atoms with van der Waals surface area (Å²) >= 11 is 0.985. The third-order valence-corrected chi connectivity index (χ3v) is 5.80. The maximum atomic E-state index is 14.0. The fourth-order valence-corrected chi connectivity index (χ4v) is 4.30. The first-order chi connectivity index (χ1) is 14.4. The van der Waals surface area contributed by atoms with Gasteiger partial charge in [0.1, 0.15) is 28.4 Å². The van der Waals surface area contributed by atoms with Gasteiger partial charge in [-0.25, -0.2) is 13.8 Å². The van der Waals surface area contributed by atoms with E-state index in [1.807, 2.05) is 0 Å². The zero-order valence-corrected chi connectivity index (χ0v) is 17.0. The van der Waals surface area contributed by atoms with Crippen molar-refractivity contribution in [1.82, 2.24) is 14.8 Å². The first-order valence-electron chi connectivity index (χ1n) is 9.47. The molecule has 1 fully saturated rings. The van der Waals surface area contributed by atoms with Gasteiger partial charge in [-0.1, -0.05) is 6.07 Å². The van der Waals surface area contributed by atoms with Crippen LogP contribution in [0.15, 0.2) is 29.8 Å². The molecule has 3 heterocycles. The van der Waals surface area contributed by atoms with Crippen LogP contribution in [0.1, 0.15) is 41.5 Å². The summed E-state index contributed by atoms with van der Waals surface area (Å²) in [5, 5.41) is 18.3. The van der Waals surface area contributed by atoms with Gasteiger partial charge in [-0.2, -0.15) is 5.10 Å². The number of aliphatic hydroxyl groups excluding tert-OH is 1. The lowest BCUT2D eigenvalue weighted by Crippen LogP contribution is -2.18. The van der Waals surface area contributed by atoms with Crippen molar-refractivity contribution in [1.29, 1.82) is 0 Å². The Labute approximate surface area is 175 Å². The molecule has 0 saturated carbocycles. The van der Waals surface area contributed by atoms with Crippen molar-refractivity contribution in [2.75, 3.05) is 11.9 Å². The van der Waals surface area contributed by atoms with Crippen LogP contribution in [0.25, 0.3) is 10.6 Å². The average Bonchev–Trinajstić information content (AvgIpc) is 3.26. The molecule has 158 valence electrons. The first kappa shape index (κ1) is 20.6. The Morgan fingerprint density at radius 3 is 2.87 bits per heavy atom. The van der Waals surface area contributed by atoms with Crippen LogP contribution in [0, 0.1) is 11.6 Å². The Bertz CT molecular complexity index is 1050. The van der Waals surface area contributed by atoms with E-state index in [4.69, 9.17) is 4.74 Å². The molecule has 2 atom stereocenters. The van der Waals surface area contributed by atoms with Crippen LogP contribution in [0.3, 0.4) is 0 Å². The van der Waals surface area contributed by atoms with Crippen LogP contribution >= 0.6 is 11.3 Å². The Morgan fingerprint density at radius 1 is 1.33 bits per heavy atom. The number of ether oxygens (including phenoxy) is 1. The average molecular weight is 434 g/mol. The number of anilines is 1. The number of hydrogen-bond acceptors (Lipinski definition) is 6. The van der Waals surface area contributed by atoms with Crippen molar-refractivity contribution < 1.29 is 23.4 Å². The number of amides is 1. The van der Waals surface area contributed by atoms with E-state index in [0.717, 1.165) is 29.9 Å². The third kappa shape index (κ3) is 4.11. The highest BCUT2D eigenvalue weighted by Crippen LogP contribution is 2.33. The topological polar surface area (TPSA) is 89.3 Å². The van der Waals surface area contributed by atoms with Crippen LogP contribution in [0.2, 0.25) is 0 Å². The number of hydrogen-bond donors (Lipinski definition) is 2. The van der Waals surface area contributed by atoms with Crippen LogP contribution in [0.5, 0.6) is 0 Å². The van der Waals surface area contributed by atoms with E-state index in [1.54, 1.807) is 11.7 Å². The second-order valence-electron chi connectivity index (χ2n) is 7.06. The molecule has 30 heavy (non-hydrogen) atoms. The second-order valence-corrected chi connectivity index (χ2v) is 7.92. The van der Waals surface area contributed by atoms with E-state index in [0.29, 0.717) is 24.2 Å². The van der Waals surface area contributed by atoms with Gasteiger partial charge < -0.3 is 15.2 Å². The quantitative estimate of drug-likeness (QED) is 0.654. The molecule has 1 aliphatic heterocycles. The summed E-state index contributed by atoms with van der Waals surface area (Å²) in [6.45, 7) is 0.215. The fraction of sp³-hybridized carbons (Fsp3) is 0.350. The van der Waals surface area contributed by atoms with Crippen molar-refractivity contribution in [3.8, 4) is 10.6 Å². The molecule has 0 spiro atoms. The molecule has 10 heteroatoms. The molecule has 1 aliphatic rings. The maximum Gasteiger partial charge on any atom is 0.275 e. The molecule has 0 bridgehead atoms. The molecule has 0 unspecified atom stereocenters. The second kappa shape index (κ2) is 8.58. The lowest BCUT2D eigenvalue weighted by atomic mass is 10.1. The summed E-state index contributed by atoms with van der Waals surface area (Å²) in [6, 6.07) is 3.56. The number of aromatic nitrogens is 3. The SMILES string of the molecule is Cn1ncc(NC(=O)c2csc(-c3c(F)cccc3F)n2)c1[C@H]1CCC[C@@H](O)CO1. The van der Waals surface area contributed by atoms with E-state index in [-0.39, 0.29) is 29.0 Å². The van der Waals surface area contributed by atoms with Gasteiger partial charge >= 0.3 is 0 Å². The number of aryl methyl sites for hydroxylation is 1. The third-order valence-electron chi connectivity index (χ3n) is 4.94. The summed E-state index contributed by atoms with van der Waals surface area (Å²) in [6.07, 6.45) is 2.82. The van der Waals surface area contributed by atoms with Gasteiger partial charge in [0.25, 0.3) is 5.91 Å². The zero-order chi connectivity index (χ0) is 21.3. The normalized spacial score (nSPS) is 19.5. The summed E-state index contributed by atoms with van der Waals surface area (Å²) in [5.41, 5.74) is 0.947. The Balaban J connectivity index is 1.55. The lowest BCUT2D eigenvalue weighted by Gasteiger charge is -2.17. The zero-order valence-electron chi connectivity index (χ0n) is 16.1. The molecule has 1 saturated heterocycles. The standard InChI is InChI=1S/C20H20F2N4O3S/c1-26-18(16-7-2-4-11(27)9-29-16)14(8-23-26)24-19(28)15-10-30-20(25-15)17-12(21)5-3-6-13(17)22/h3,5-6,8,10-11,16,27H,2,4,7,9H2,1H3,(H,24,28)/t11-,16-/m1/s1. The molecular formula is C20H20F2N4O3S. The molecule has 1 aromatic carbocycles. The number of carbonyl (C=O) groups excluding carboxylic acids is 1. The molecule has 2 N–H and O–H groups in total. The van der Waals surface area contributed by atoms with Crippen LogP contribution < -0.4 is 5.32 Å². The van der Waals surface area contributed by atoms with Crippen molar-refractivity contribution in [2.45, 2.75) is 31.5 Å². The number of thiazole rings is 1. The van der Waals surface area contributed by atoms with E-state index in [9.17, 15) is 18.7 Å². The fourth-order valence-electron chi connectivity index (χ4n) is 3.45. The number of nitrogens with one attached hydrogen (secondary N) is 1. The predicted molar refractivity (Wildman–Crippen MR) is 107 cm³/mol. The Kier molecular flexibility index (Phi) is 5.89. The highest BCUT2D eigenvalue weighted by molar-refractivity contribution is 7.13. The summed E-state index contributed by atoms with van der Waals surface area (Å²) in [5.74, 6) is -1.99. The number of halogens is 2. The molecule has 3 aromatic rings. The highest BCUT2D eigenvalue weighted by Gasteiger charge is 2.26. The van der Waals surface area contributed by atoms with Gasteiger partial charge in [-0.05, 0) is 31.4 Å². The summed E-state index contributed by atoms with van der Waals surface area (Å²) in [4.78, 5) is 16.8. The van der Waals surface area contributed by atoms with Gasteiger partial charge in [0, 0.05) is 12.4 Å². The number of carbonyl (C=O) groups is 1. The summed E-state index contributed by atoms with van der Waals surface area (Å²) in [7, 11) is 1.75. The lowest BCUT2D eigenvalue weighted by molar-refractivity contribution is 0.00136. The van der Waals surface area contributed by atoms with Crippen molar-refractivity contribution >= 4 is 22.9 Å².